The molecule has 136 valence electrons. The Labute approximate surface area is 163 Å². The Balaban J connectivity index is 0.00000243. The molecule has 7 heteroatoms. The number of amidine groups is 1. The van der Waals surface area contributed by atoms with Gasteiger partial charge in [-0.05, 0) is 24.6 Å². The first kappa shape index (κ1) is 19.8. The number of nitrogens with one attached hydrogen (secondary N) is 1. The molecule has 2 aromatic rings. The van der Waals surface area contributed by atoms with Crippen molar-refractivity contribution in [3.8, 4) is 0 Å². The third-order valence-corrected chi connectivity index (χ3v) is 3.99. The molecule has 0 saturated carbocycles. The van der Waals surface area contributed by atoms with Crippen LogP contribution >= 0.6 is 24.0 Å². The maximum Gasteiger partial charge on any atom is 0.513 e. The van der Waals surface area contributed by atoms with Crippen LogP contribution in [0.2, 0.25) is 5.02 Å². The van der Waals surface area contributed by atoms with Gasteiger partial charge >= 0.3 is 6.16 Å². The maximum absolute atomic E-state index is 11.6. The molecule has 0 radical (unpaired) electrons. The number of ether oxygens (including phenoxy) is 2. The molecule has 0 amide bonds. The molecule has 0 saturated heterocycles. The SMILES string of the molecule is COC(=O)OC1=C(C)NC(c2ccccc2)=NC1c1cccc(Cl)c1.Cl. The second kappa shape index (κ2) is 8.74. The lowest BCUT2D eigenvalue weighted by Crippen LogP contribution is -2.31. The van der Waals surface area contributed by atoms with Gasteiger partial charge in [0.1, 0.15) is 11.9 Å². The fourth-order valence-electron chi connectivity index (χ4n) is 2.57. The molecular formula is C19H18Cl2N2O3. The fraction of sp³-hybridized carbons (Fsp3) is 0.158. The predicted octanol–water partition coefficient (Wildman–Crippen LogP) is 4.87. The second-order valence-electron chi connectivity index (χ2n) is 5.47. The topological polar surface area (TPSA) is 59.9 Å². The minimum Gasteiger partial charge on any atom is -0.437 e. The molecule has 0 aromatic heterocycles. The van der Waals surface area contributed by atoms with Crippen molar-refractivity contribution < 1.29 is 14.3 Å². The molecule has 0 aliphatic carbocycles. The lowest BCUT2D eigenvalue weighted by molar-refractivity contribution is 0.0913. The van der Waals surface area contributed by atoms with Crippen LogP contribution in [-0.4, -0.2) is 19.1 Å². The molecule has 0 fully saturated rings. The molecule has 0 bridgehead atoms. The summed E-state index contributed by atoms with van der Waals surface area (Å²) in [5.74, 6) is 1.08. The molecule has 3 rings (SSSR count). The van der Waals surface area contributed by atoms with E-state index in [1.165, 1.54) is 7.11 Å². The number of nitrogens with zero attached hydrogens (tertiary/aromatic N) is 1. The third kappa shape index (κ3) is 4.36. The van der Waals surface area contributed by atoms with Crippen molar-refractivity contribution in [2.75, 3.05) is 7.11 Å². The molecule has 2 aromatic carbocycles. The van der Waals surface area contributed by atoms with Crippen LogP contribution in [0.5, 0.6) is 0 Å². The van der Waals surface area contributed by atoms with Gasteiger partial charge in [-0.3, -0.25) is 4.99 Å². The first-order valence-electron chi connectivity index (χ1n) is 7.70. The molecule has 1 atom stereocenters. The Morgan fingerprint density at radius 1 is 1.15 bits per heavy atom. The van der Waals surface area contributed by atoms with Gasteiger partial charge in [-0.15, -0.1) is 12.4 Å². The highest BCUT2D eigenvalue weighted by Gasteiger charge is 2.28. The van der Waals surface area contributed by atoms with Crippen LogP contribution in [0.1, 0.15) is 24.1 Å². The van der Waals surface area contributed by atoms with E-state index in [0.29, 0.717) is 22.3 Å². The zero-order chi connectivity index (χ0) is 17.8. The maximum atomic E-state index is 11.6. The van der Waals surface area contributed by atoms with E-state index in [2.05, 4.69) is 10.1 Å². The van der Waals surface area contributed by atoms with E-state index >= 15 is 0 Å². The van der Waals surface area contributed by atoms with Gasteiger partial charge in [0.15, 0.2) is 5.76 Å². The first-order chi connectivity index (χ1) is 12.1. The zero-order valence-electron chi connectivity index (χ0n) is 14.2. The monoisotopic (exact) mass is 392 g/mol. The Morgan fingerprint density at radius 3 is 2.54 bits per heavy atom. The van der Waals surface area contributed by atoms with Gasteiger partial charge < -0.3 is 14.8 Å². The van der Waals surface area contributed by atoms with E-state index in [0.717, 1.165) is 11.1 Å². The number of rotatable bonds is 3. The number of carbonyl (C=O) groups is 1. The van der Waals surface area contributed by atoms with Gasteiger partial charge in [-0.2, -0.15) is 0 Å². The Morgan fingerprint density at radius 2 is 1.88 bits per heavy atom. The van der Waals surface area contributed by atoms with E-state index in [4.69, 9.17) is 21.3 Å². The molecule has 1 heterocycles. The van der Waals surface area contributed by atoms with E-state index in [9.17, 15) is 4.79 Å². The van der Waals surface area contributed by atoms with Gasteiger partial charge in [0.25, 0.3) is 0 Å². The van der Waals surface area contributed by atoms with E-state index in [-0.39, 0.29) is 12.4 Å². The number of allylic oxidation sites excluding steroid dienone is 1. The van der Waals surface area contributed by atoms with Crippen LogP contribution in [0.15, 0.2) is 71.0 Å². The predicted molar refractivity (Wildman–Crippen MR) is 104 cm³/mol. The van der Waals surface area contributed by atoms with Crippen molar-refractivity contribution in [1.29, 1.82) is 0 Å². The largest absolute Gasteiger partial charge is 0.513 e. The fourth-order valence-corrected chi connectivity index (χ4v) is 2.77. The summed E-state index contributed by atoms with van der Waals surface area (Å²) in [5, 5.41) is 3.78. The highest BCUT2D eigenvalue weighted by atomic mass is 35.5. The van der Waals surface area contributed by atoms with Crippen LogP contribution in [-0.2, 0) is 9.47 Å². The summed E-state index contributed by atoms with van der Waals surface area (Å²) >= 11 is 6.12. The standard InChI is InChI=1S/C19H17ClN2O3.ClH/c1-12-17(25-19(23)24-2)16(14-9-6-10-15(20)11-14)22-18(21-12)13-7-4-3-5-8-13;/h3-11,16H,1-2H3,(H,21,22);1H. The Hall–Kier alpha value is -2.50. The summed E-state index contributed by atoms with van der Waals surface area (Å²) < 4.78 is 9.97. The number of aliphatic imine (C=N–C) groups is 1. The van der Waals surface area contributed by atoms with Gasteiger partial charge in [-0.1, -0.05) is 54.1 Å². The molecule has 0 spiro atoms. The molecule has 1 N–H and O–H groups in total. The molecule has 5 nitrogen and oxygen atoms in total. The van der Waals surface area contributed by atoms with Gasteiger partial charge in [0.2, 0.25) is 0 Å². The molecule has 1 aliphatic rings. The van der Waals surface area contributed by atoms with Gasteiger partial charge in [-0.25, -0.2) is 4.79 Å². The second-order valence-corrected chi connectivity index (χ2v) is 5.91. The van der Waals surface area contributed by atoms with Crippen molar-refractivity contribution in [3.63, 3.8) is 0 Å². The minimum atomic E-state index is -0.790. The van der Waals surface area contributed by atoms with E-state index in [1.54, 1.807) is 12.1 Å². The summed E-state index contributed by atoms with van der Waals surface area (Å²) in [6.07, 6.45) is -0.790. The highest BCUT2D eigenvalue weighted by molar-refractivity contribution is 6.30. The summed E-state index contributed by atoms with van der Waals surface area (Å²) in [6, 6.07) is 16.5. The summed E-state index contributed by atoms with van der Waals surface area (Å²) in [5.41, 5.74) is 2.44. The minimum absolute atomic E-state index is 0. The van der Waals surface area contributed by atoms with Crippen molar-refractivity contribution in [2.24, 2.45) is 4.99 Å². The number of benzene rings is 2. The van der Waals surface area contributed by atoms with Gasteiger partial charge in [0, 0.05) is 10.6 Å². The van der Waals surface area contributed by atoms with Crippen LogP contribution in [0.4, 0.5) is 4.79 Å². The quantitative estimate of drug-likeness (QED) is 0.756. The summed E-state index contributed by atoms with van der Waals surface area (Å²) in [6.45, 7) is 1.83. The van der Waals surface area contributed by atoms with Crippen LogP contribution in [0.25, 0.3) is 0 Å². The molecule has 1 unspecified atom stereocenters. The van der Waals surface area contributed by atoms with Gasteiger partial charge in [0.05, 0.1) is 12.8 Å². The molecule has 26 heavy (non-hydrogen) atoms. The Bertz CT molecular complexity index is 851. The number of methoxy groups -OCH3 is 1. The summed E-state index contributed by atoms with van der Waals surface area (Å²) in [7, 11) is 1.27. The normalized spacial score (nSPS) is 16.1. The van der Waals surface area contributed by atoms with Crippen LogP contribution < -0.4 is 5.32 Å². The van der Waals surface area contributed by atoms with Crippen molar-refractivity contribution in [3.05, 3.63) is 82.2 Å². The van der Waals surface area contributed by atoms with Crippen molar-refractivity contribution in [1.82, 2.24) is 5.32 Å². The first-order valence-corrected chi connectivity index (χ1v) is 8.08. The number of hydrogen-bond donors (Lipinski definition) is 1. The lowest BCUT2D eigenvalue weighted by Gasteiger charge is -2.26. The average molecular weight is 393 g/mol. The van der Waals surface area contributed by atoms with Crippen LogP contribution in [0, 0.1) is 0 Å². The lowest BCUT2D eigenvalue weighted by atomic mass is 10.0. The number of halogens is 2. The highest BCUT2D eigenvalue weighted by Crippen LogP contribution is 2.33. The van der Waals surface area contributed by atoms with E-state index in [1.807, 2.05) is 49.4 Å². The third-order valence-electron chi connectivity index (χ3n) is 3.75. The zero-order valence-corrected chi connectivity index (χ0v) is 15.8. The molecular weight excluding hydrogens is 375 g/mol. The Kier molecular flexibility index (Phi) is 6.66. The van der Waals surface area contributed by atoms with E-state index < -0.39 is 12.2 Å². The van der Waals surface area contributed by atoms with Crippen LogP contribution in [0.3, 0.4) is 0 Å². The van der Waals surface area contributed by atoms with Crippen molar-refractivity contribution >= 4 is 36.0 Å². The number of hydrogen-bond acceptors (Lipinski definition) is 5. The summed E-state index contributed by atoms with van der Waals surface area (Å²) in [4.78, 5) is 16.4. The molecule has 1 aliphatic heterocycles. The van der Waals surface area contributed by atoms with Crippen molar-refractivity contribution in [2.45, 2.75) is 13.0 Å². The average Bonchev–Trinajstić information content (AvgIpc) is 2.63. The number of carbonyl (C=O) groups excluding carboxylic acids is 1. The smallest absolute Gasteiger partial charge is 0.437 e.